The van der Waals surface area contributed by atoms with Crippen molar-refractivity contribution >= 4 is 21.7 Å². The maximum Gasteiger partial charge on any atom is 0.264 e. The van der Waals surface area contributed by atoms with Crippen molar-refractivity contribution in [2.45, 2.75) is 40.0 Å². The molecule has 32 heavy (non-hydrogen) atoms. The molecule has 1 aromatic heterocycles. The molecule has 162 valence electrons. The molecule has 4 heteroatoms. The number of pyridine rings is 1. The summed E-state index contributed by atoms with van der Waals surface area (Å²) in [6.45, 7) is 10.5. The molecule has 0 unspecified atom stereocenters. The predicted molar refractivity (Wildman–Crippen MR) is 127 cm³/mol. The summed E-state index contributed by atoms with van der Waals surface area (Å²) in [5, 5.41) is 2.45. The smallest absolute Gasteiger partial charge is 0.264 e. The van der Waals surface area contributed by atoms with Gasteiger partial charge in [-0.05, 0) is 84.0 Å². The molecule has 0 saturated heterocycles. The number of benzene rings is 3. The van der Waals surface area contributed by atoms with E-state index in [0.29, 0.717) is 24.0 Å². The van der Waals surface area contributed by atoms with Crippen molar-refractivity contribution in [2.75, 3.05) is 6.61 Å². The molecule has 0 bridgehead atoms. The summed E-state index contributed by atoms with van der Waals surface area (Å²) < 4.78 is 34.1. The van der Waals surface area contributed by atoms with E-state index < -0.39 is 6.43 Å². The number of allylic oxidation sites excluding steroid dienone is 1. The van der Waals surface area contributed by atoms with E-state index in [1.165, 1.54) is 5.56 Å². The summed E-state index contributed by atoms with van der Waals surface area (Å²) in [6.07, 6.45) is 0.800. The Bertz CT molecular complexity index is 1390. The summed E-state index contributed by atoms with van der Waals surface area (Å²) in [5.74, 6) is 0.834. The quantitative estimate of drug-likeness (QED) is 0.311. The molecule has 0 aliphatic carbocycles. The minimum atomic E-state index is -2.54. The maximum absolute atomic E-state index is 14.1. The van der Waals surface area contributed by atoms with Gasteiger partial charge in [0.15, 0.2) is 0 Å². The first kappa shape index (κ1) is 20.6. The van der Waals surface area contributed by atoms with E-state index in [9.17, 15) is 8.78 Å². The molecule has 1 aliphatic rings. The van der Waals surface area contributed by atoms with Gasteiger partial charge in [-0.1, -0.05) is 30.4 Å². The van der Waals surface area contributed by atoms with Gasteiger partial charge in [0.25, 0.3) is 6.43 Å². The van der Waals surface area contributed by atoms with Gasteiger partial charge in [-0.2, -0.15) is 0 Å². The number of nitrogens with zero attached hydrogens (tertiary/aromatic N) is 1. The van der Waals surface area contributed by atoms with E-state index >= 15 is 0 Å². The van der Waals surface area contributed by atoms with Crippen LogP contribution in [-0.2, 0) is 12.8 Å². The third-order valence-electron chi connectivity index (χ3n) is 6.45. The summed E-state index contributed by atoms with van der Waals surface area (Å²) in [7, 11) is 0. The fourth-order valence-corrected chi connectivity index (χ4v) is 5.01. The SMILES string of the molecule is C=C(C)Cc1c(C)cc2c(C(F)F)c(C)ccc2c1-c1ccc2c3c(ccnc13)CCO2. The average Bonchev–Trinajstić information content (AvgIpc) is 2.75. The lowest BCUT2D eigenvalue weighted by atomic mass is 9.84. The van der Waals surface area contributed by atoms with Gasteiger partial charge in [-0.25, -0.2) is 8.78 Å². The molecule has 0 saturated carbocycles. The Balaban J connectivity index is 1.95. The van der Waals surface area contributed by atoms with Crippen LogP contribution in [0.3, 0.4) is 0 Å². The molecule has 2 nitrogen and oxygen atoms in total. The highest BCUT2D eigenvalue weighted by Gasteiger charge is 2.23. The first-order chi connectivity index (χ1) is 15.4. The molecule has 4 aromatic rings. The molecule has 3 aromatic carbocycles. The zero-order valence-electron chi connectivity index (χ0n) is 18.6. The lowest BCUT2D eigenvalue weighted by Gasteiger charge is -2.23. The van der Waals surface area contributed by atoms with Crippen LogP contribution >= 0.6 is 0 Å². The average molecular weight is 430 g/mol. The van der Waals surface area contributed by atoms with Crippen molar-refractivity contribution in [3.63, 3.8) is 0 Å². The normalized spacial score (nSPS) is 13.1. The van der Waals surface area contributed by atoms with Crippen LogP contribution < -0.4 is 4.74 Å². The number of hydrogen-bond donors (Lipinski definition) is 0. The Kier molecular flexibility index (Phi) is 4.96. The monoisotopic (exact) mass is 429 g/mol. The van der Waals surface area contributed by atoms with Gasteiger partial charge in [0.1, 0.15) is 5.75 Å². The molecule has 0 N–H and O–H groups in total. The number of alkyl halides is 2. The van der Waals surface area contributed by atoms with Crippen LogP contribution in [-0.4, -0.2) is 11.6 Å². The number of aromatic nitrogens is 1. The fourth-order valence-electron chi connectivity index (χ4n) is 5.01. The van der Waals surface area contributed by atoms with Crippen LogP contribution in [0, 0.1) is 13.8 Å². The van der Waals surface area contributed by atoms with Crippen molar-refractivity contribution in [1.29, 1.82) is 0 Å². The molecule has 5 rings (SSSR count). The highest BCUT2D eigenvalue weighted by molar-refractivity contribution is 6.09. The Morgan fingerprint density at radius 1 is 1.09 bits per heavy atom. The zero-order chi connectivity index (χ0) is 22.6. The van der Waals surface area contributed by atoms with Gasteiger partial charge >= 0.3 is 0 Å². The summed E-state index contributed by atoms with van der Waals surface area (Å²) >= 11 is 0. The van der Waals surface area contributed by atoms with E-state index in [-0.39, 0.29) is 5.56 Å². The fraction of sp³-hybridized carbons (Fsp3) is 0.250. The first-order valence-electron chi connectivity index (χ1n) is 10.9. The zero-order valence-corrected chi connectivity index (χ0v) is 18.6. The molecule has 0 amide bonds. The van der Waals surface area contributed by atoms with Gasteiger partial charge in [0.05, 0.1) is 12.1 Å². The highest BCUT2D eigenvalue weighted by Crippen LogP contribution is 2.44. The predicted octanol–water partition coefficient (Wildman–Crippen LogP) is 7.66. The number of halogens is 2. The highest BCUT2D eigenvalue weighted by atomic mass is 19.3. The van der Waals surface area contributed by atoms with Crippen LogP contribution in [0.15, 0.2) is 54.7 Å². The topological polar surface area (TPSA) is 22.1 Å². The molecule has 0 radical (unpaired) electrons. The van der Waals surface area contributed by atoms with Crippen LogP contribution in [0.25, 0.3) is 32.8 Å². The standard InChI is InChI=1S/C28H25F2NO/c1-15(2)13-21-17(4)14-22-19(6-5-16(3)24(22)28(29)30)26(21)20-7-8-23-25-18(10-12-32-23)9-11-31-27(20)25/h5-9,11,14,28H,1,10,12-13H2,2-4H3. The van der Waals surface area contributed by atoms with E-state index in [1.54, 1.807) is 13.0 Å². The van der Waals surface area contributed by atoms with E-state index in [4.69, 9.17) is 9.72 Å². The van der Waals surface area contributed by atoms with Gasteiger partial charge < -0.3 is 4.74 Å². The number of ether oxygens (including phenoxy) is 1. The Morgan fingerprint density at radius 2 is 1.91 bits per heavy atom. The number of aryl methyl sites for hydroxylation is 2. The number of hydrogen-bond acceptors (Lipinski definition) is 2. The van der Waals surface area contributed by atoms with Crippen molar-refractivity contribution in [3.8, 4) is 16.9 Å². The molecular weight excluding hydrogens is 404 g/mol. The molecule has 0 fully saturated rings. The lowest BCUT2D eigenvalue weighted by molar-refractivity contribution is 0.152. The molecule has 0 spiro atoms. The van der Waals surface area contributed by atoms with E-state index in [2.05, 4.69) is 6.58 Å². The minimum Gasteiger partial charge on any atom is -0.493 e. The third-order valence-corrected chi connectivity index (χ3v) is 6.45. The van der Waals surface area contributed by atoms with Gasteiger partial charge in [0, 0.05) is 29.1 Å². The molecule has 0 atom stereocenters. The molecule has 2 heterocycles. The Morgan fingerprint density at radius 3 is 2.66 bits per heavy atom. The van der Waals surface area contributed by atoms with Crippen LogP contribution in [0.5, 0.6) is 5.75 Å². The van der Waals surface area contributed by atoms with Crippen LogP contribution in [0.1, 0.15) is 41.2 Å². The number of fused-ring (bicyclic) bond motifs is 1. The Hall–Kier alpha value is -3.27. The third kappa shape index (κ3) is 3.17. The maximum atomic E-state index is 14.1. The first-order valence-corrected chi connectivity index (χ1v) is 10.9. The second-order valence-corrected chi connectivity index (χ2v) is 8.78. The summed E-state index contributed by atoms with van der Waals surface area (Å²) in [5.41, 5.74) is 7.80. The lowest BCUT2D eigenvalue weighted by Crippen LogP contribution is -2.09. The Labute approximate surface area is 186 Å². The molecule has 1 aliphatic heterocycles. The van der Waals surface area contributed by atoms with Crippen molar-refractivity contribution < 1.29 is 13.5 Å². The summed E-state index contributed by atoms with van der Waals surface area (Å²) in [4.78, 5) is 4.74. The van der Waals surface area contributed by atoms with E-state index in [1.807, 2.05) is 50.4 Å². The second kappa shape index (κ2) is 7.70. The van der Waals surface area contributed by atoms with Gasteiger partial charge in [0.2, 0.25) is 0 Å². The van der Waals surface area contributed by atoms with Crippen LogP contribution in [0.2, 0.25) is 0 Å². The largest absolute Gasteiger partial charge is 0.493 e. The summed E-state index contributed by atoms with van der Waals surface area (Å²) in [6, 6.07) is 11.7. The van der Waals surface area contributed by atoms with E-state index in [0.717, 1.165) is 56.3 Å². The van der Waals surface area contributed by atoms with Crippen LogP contribution in [0.4, 0.5) is 8.78 Å². The van der Waals surface area contributed by atoms with Gasteiger partial charge in [-0.3, -0.25) is 4.98 Å². The molecular formula is C28H25F2NO. The number of rotatable bonds is 4. The van der Waals surface area contributed by atoms with Crippen molar-refractivity contribution in [2.24, 2.45) is 0 Å². The van der Waals surface area contributed by atoms with Crippen molar-refractivity contribution in [3.05, 3.63) is 82.6 Å². The van der Waals surface area contributed by atoms with Crippen molar-refractivity contribution in [1.82, 2.24) is 4.98 Å². The second-order valence-electron chi connectivity index (χ2n) is 8.78. The minimum absolute atomic E-state index is 0.104. The van der Waals surface area contributed by atoms with Gasteiger partial charge in [-0.15, -0.1) is 0 Å².